The van der Waals surface area contributed by atoms with Gasteiger partial charge in [-0.3, -0.25) is 9.59 Å². The first-order valence-corrected chi connectivity index (χ1v) is 4.38. The van der Waals surface area contributed by atoms with Gasteiger partial charge in [0.2, 0.25) is 5.91 Å². The first-order valence-electron chi connectivity index (χ1n) is 4.38. The molecule has 0 rings (SSSR count). The van der Waals surface area contributed by atoms with Gasteiger partial charge in [-0.2, -0.15) is 0 Å². The predicted molar refractivity (Wildman–Crippen MR) is 47.8 cm³/mol. The van der Waals surface area contributed by atoms with Crippen LogP contribution in [0.3, 0.4) is 0 Å². The third-order valence-electron chi connectivity index (χ3n) is 1.95. The van der Waals surface area contributed by atoms with Crippen molar-refractivity contribution < 1.29 is 9.59 Å². The Balaban J connectivity index is 3.77. The Bertz CT molecular complexity index is 162. The minimum Gasteiger partial charge on any atom is -0.349 e. The van der Waals surface area contributed by atoms with Gasteiger partial charge in [-0.1, -0.05) is 13.8 Å². The number of amides is 1. The molecule has 0 saturated carbocycles. The van der Waals surface area contributed by atoms with Gasteiger partial charge in [0.05, 0.1) is 6.54 Å². The minimum atomic E-state index is -0.144. The lowest BCUT2D eigenvalue weighted by Gasteiger charge is -2.10. The first-order chi connectivity index (χ1) is 5.61. The normalized spacial score (nSPS) is 10.0. The van der Waals surface area contributed by atoms with Crippen LogP contribution < -0.4 is 5.32 Å². The van der Waals surface area contributed by atoms with Crippen molar-refractivity contribution in [2.45, 2.75) is 33.6 Å². The summed E-state index contributed by atoms with van der Waals surface area (Å²) in [5.74, 6) is 0.0985. The number of carbonyl (C=O) groups excluding carboxylic acids is 2. The highest BCUT2D eigenvalue weighted by molar-refractivity contribution is 5.86. The lowest BCUT2D eigenvalue weighted by molar-refractivity contribution is -0.126. The van der Waals surface area contributed by atoms with Gasteiger partial charge in [-0.15, -0.1) is 0 Å². The van der Waals surface area contributed by atoms with Gasteiger partial charge in [-0.05, 0) is 12.8 Å². The van der Waals surface area contributed by atoms with Crippen LogP contribution in [0.15, 0.2) is 0 Å². The third kappa shape index (κ3) is 4.11. The number of carbonyl (C=O) groups is 2. The zero-order valence-corrected chi connectivity index (χ0v) is 8.02. The van der Waals surface area contributed by atoms with Crippen molar-refractivity contribution in [3.05, 3.63) is 0 Å². The lowest BCUT2D eigenvalue weighted by Crippen LogP contribution is -2.30. The summed E-state index contributed by atoms with van der Waals surface area (Å²) in [6, 6.07) is 0. The molecule has 0 aliphatic rings. The molecule has 1 N–H and O–H groups in total. The van der Waals surface area contributed by atoms with Gasteiger partial charge >= 0.3 is 0 Å². The molecule has 3 heteroatoms. The van der Waals surface area contributed by atoms with E-state index in [-0.39, 0.29) is 24.2 Å². The van der Waals surface area contributed by atoms with Crippen LogP contribution in [-0.4, -0.2) is 18.2 Å². The third-order valence-corrected chi connectivity index (χ3v) is 1.95. The number of ketones is 1. The van der Waals surface area contributed by atoms with Crippen LogP contribution in [0.5, 0.6) is 0 Å². The average Bonchev–Trinajstić information content (AvgIpc) is 2.03. The molecule has 0 heterocycles. The molecule has 0 saturated heterocycles. The number of rotatable bonds is 5. The lowest BCUT2D eigenvalue weighted by atomic mass is 9.98. The molecule has 0 fully saturated rings. The van der Waals surface area contributed by atoms with Crippen molar-refractivity contribution in [1.82, 2.24) is 5.32 Å². The van der Waals surface area contributed by atoms with Gasteiger partial charge in [0.15, 0.2) is 5.78 Å². The molecule has 1 amide bonds. The van der Waals surface area contributed by atoms with Crippen LogP contribution in [0.4, 0.5) is 0 Å². The van der Waals surface area contributed by atoms with Gasteiger partial charge in [0.1, 0.15) is 0 Å². The Hall–Kier alpha value is -0.860. The van der Waals surface area contributed by atoms with Crippen molar-refractivity contribution in [3.63, 3.8) is 0 Å². The first kappa shape index (κ1) is 11.1. The molecule has 0 aromatic rings. The fourth-order valence-electron chi connectivity index (χ4n) is 1.10. The molecule has 0 unspecified atom stereocenters. The van der Waals surface area contributed by atoms with E-state index in [2.05, 4.69) is 5.32 Å². The molecular weight excluding hydrogens is 154 g/mol. The van der Waals surface area contributed by atoms with E-state index in [1.807, 2.05) is 13.8 Å². The minimum absolute atomic E-state index is 0.108. The van der Waals surface area contributed by atoms with Crippen LogP contribution in [0, 0.1) is 5.92 Å². The summed E-state index contributed by atoms with van der Waals surface area (Å²) in [7, 11) is 0. The van der Waals surface area contributed by atoms with Gasteiger partial charge < -0.3 is 5.32 Å². The second-order valence-corrected chi connectivity index (χ2v) is 2.89. The van der Waals surface area contributed by atoms with Crippen molar-refractivity contribution in [1.29, 1.82) is 0 Å². The van der Waals surface area contributed by atoms with Crippen molar-refractivity contribution >= 4 is 11.7 Å². The SMILES string of the molecule is CCC(CC)C(=O)CNC(C)=O. The smallest absolute Gasteiger partial charge is 0.217 e. The maximum Gasteiger partial charge on any atom is 0.217 e. The molecule has 0 aromatic carbocycles. The molecule has 0 aromatic heterocycles. The maximum absolute atomic E-state index is 11.3. The van der Waals surface area contributed by atoms with E-state index in [0.717, 1.165) is 12.8 Å². The molecule has 0 atom stereocenters. The summed E-state index contributed by atoms with van der Waals surface area (Å²) in [6.45, 7) is 5.57. The summed E-state index contributed by atoms with van der Waals surface area (Å²) in [5.41, 5.74) is 0. The molecule has 0 bridgehead atoms. The Kier molecular flexibility index (Phi) is 5.34. The average molecular weight is 171 g/mol. The van der Waals surface area contributed by atoms with Crippen LogP contribution in [-0.2, 0) is 9.59 Å². The molecule has 0 spiro atoms. The number of nitrogens with one attached hydrogen (secondary N) is 1. The largest absolute Gasteiger partial charge is 0.349 e. The van der Waals surface area contributed by atoms with E-state index in [0.29, 0.717) is 0 Å². The molecule has 70 valence electrons. The van der Waals surface area contributed by atoms with Crippen molar-refractivity contribution in [2.75, 3.05) is 6.54 Å². The predicted octanol–water partition coefficient (Wildman–Crippen LogP) is 1.13. The highest BCUT2D eigenvalue weighted by Crippen LogP contribution is 2.07. The zero-order chi connectivity index (χ0) is 9.56. The number of Topliss-reactive ketones (excluding diaryl/α,β-unsaturated/α-hetero) is 1. The molecular formula is C9H17NO2. The Morgan fingerprint density at radius 2 is 1.75 bits per heavy atom. The highest BCUT2D eigenvalue weighted by Gasteiger charge is 2.13. The van der Waals surface area contributed by atoms with Gasteiger partial charge in [-0.25, -0.2) is 0 Å². The number of hydrogen-bond acceptors (Lipinski definition) is 2. The van der Waals surface area contributed by atoms with Crippen molar-refractivity contribution in [3.8, 4) is 0 Å². The van der Waals surface area contributed by atoms with E-state index >= 15 is 0 Å². The van der Waals surface area contributed by atoms with E-state index in [9.17, 15) is 9.59 Å². The molecule has 0 aliphatic heterocycles. The molecule has 0 radical (unpaired) electrons. The van der Waals surface area contributed by atoms with E-state index in [4.69, 9.17) is 0 Å². The second-order valence-electron chi connectivity index (χ2n) is 2.89. The summed E-state index contributed by atoms with van der Waals surface area (Å²) >= 11 is 0. The fourth-order valence-corrected chi connectivity index (χ4v) is 1.10. The van der Waals surface area contributed by atoms with Crippen LogP contribution in [0.2, 0.25) is 0 Å². The molecule has 12 heavy (non-hydrogen) atoms. The summed E-state index contributed by atoms with van der Waals surface area (Å²) in [6.07, 6.45) is 1.71. The molecule has 0 aliphatic carbocycles. The Morgan fingerprint density at radius 1 is 1.25 bits per heavy atom. The van der Waals surface area contributed by atoms with Crippen LogP contribution >= 0.6 is 0 Å². The maximum atomic E-state index is 11.3. The van der Waals surface area contributed by atoms with Crippen LogP contribution in [0.1, 0.15) is 33.6 Å². The highest BCUT2D eigenvalue weighted by atomic mass is 16.2. The summed E-state index contributed by atoms with van der Waals surface area (Å²) in [5, 5.41) is 2.51. The van der Waals surface area contributed by atoms with Crippen LogP contribution in [0.25, 0.3) is 0 Å². The zero-order valence-electron chi connectivity index (χ0n) is 8.02. The van der Waals surface area contributed by atoms with E-state index < -0.39 is 0 Å². The van der Waals surface area contributed by atoms with Crippen molar-refractivity contribution in [2.24, 2.45) is 5.92 Å². The quantitative estimate of drug-likeness (QED) is 0.674. The fraction of sp³-hybridized carbons (Fsp3) is 0.778. The van der Waals surface area contributed by atoms with Gasteiger partial charge in [0, 0.05) is 12.8 Å². The Morgan fingerprint density at radius 3 is 2.08 bits per heavy atom. The second kappa shape index (κ2) is 5.75. The van der Waals surface area contributed by atoms with Gasteiger partial charge in [0.25, 0.3) is 0 Å². The topological polar surface area (TPSA) is 46.2 Å². The number of hydrogen-bond donors (Lipinski definition) is 1. The summed E-state index contributed by atoms with van der Waals surface area (Å²) < 4.78 is 0. The monoisotopic (exact) mass is 171 g/mol. The standard InChI is InChI=1S/C9H17NO2/c1-4-8(5-2)9(12)6-10-7(3)11/h8H,4-6H2,1-3H3,(H,10,11). The van der Waals surface area contributed by atoms with E-state index in [1.54, 1.807) is 0 Å². The summed E-state index contributed by atoms with van der Waals surface area (Å²) in [4.78, 5) is 21.8. The van der Waals surface area contributed by atoms with E-state index in [1.165, 1.54) is 6.92 Å². The molecule has 3 nitrogen and oxygen atoms in total. The Labute approximate surface area is 73.5 Å².